The van der Waals surface area contributed by atoms with Gasteiger partial charge < -0.3 is 18.8 Å². The van der Waals surface area contributed by atoms with E-state index in [1.165, 1.54) is 5.56 Å². The van der Waals surface area contributed by atoms with Gasteiger partial charge in [0.05, 0.1) is 31.5 Å². The Kier molecular flexibility index (Phi) is 7.28. The predicted octanol–water partition coefficient (Wildman–Crippen LogP) is 5.19. The minimum Gasteiger partial charge on any atom is -0.497 e. The van der Waals surface area contributed by atoms with Crippen molar-refractivity contribution >= 4 is 12.6 Å². The van der Waals surface area contributed by atoms with E-state index in [-0.39, 0.29) is 18.3 Å². The second-order valence-corrected chi connectivity index (χ2v) is 8.94. The van der Waals surface area contributed by atoms with E-state index in [9.17, 15) is 0 Å². The Bertz CT molecular complexity index is 834. The molecule has 1 aliphatic heterocycles. The molecule has 162 valence electrons. The van der Waals surface area contributed by atoms with Crippen LogP contribution in [-0.4, -0.2) is 25.4 Å². The van der Waals surface area contributed by atoms with Gasteiger partial charge in [0.1, 0.15) is 5.75 Å². The third kappa shape index (κ3) is 5.08. The highest BCUT2D eigenvalue weighted by Gasteiger charge is 2.54. The molecule has 1 unspecified atom stereocenters. The smallest absolute Gasteiger partial charge is 0.494 e. The van der Waals surface area contributed by atoms with Crippen molar-refractivity contribution < 1.29 is 18.8 Å². The highest BCUT2D eigenvalue weighted by Crippen LogP contribution is 2.40. The summed E-state index contributed by atoms with van der Waals surface area (Å²) in [6, 6.07) is 14.4. The van der Waals surface area contributed by atoms with Gasteiger partial charge in [0.15, 0.2) is 0 Å². The van der Waals surface area contributed by atoms with Crippen molar-refractivity contribution in [2.75, 3.05) is 7.11 Å². The minimum atomic E-state index is -0.345. The van der Waals surface area contributed by atoms with Crippen molar-refractivity contribution in [3.05, 3.63) is 59.2 Å². The first kappa shape index (κ1) is 22.9. The van der Waals surface area contributed by atoms with Crippen molar-refractivity contribution in [3.63, 3.8) is 0 Å². The molecule has 1 saturated heterocycles. The van der Waals surface area contributed by atoms with Crippen LogP contribution in [0, 0.1) is 6.92 Å². The summed E-state index contributed by atoms with van der Waals surface area (Å²) in [5.74, 6) is 0.854. The van der Waals surface area contributed by atoms with E-state index in [4.69, 9.17) is 18.8 Å². The molecule has 0 N–H and O–H groups in total. The normalized spacial score (nSPS) is 20.5. The first-order valence-corrected chi connectivity index (χ1v) is 10.9. The molecule has 1 fully saturated rings. The lowest BCUT2D eigenvalue weighted by Crippen LogP contribution is -2.44. The maximum absolute atomic E-state index is 6.47. The minimum absolute atomic E-state index is 0.288. The Balaban J connectivity index is 1.66. The number of methoxy groups -OCH3 is 1. The molecule has 0 radical (unpaired) electrons. The Morgan fingerprint density at radius 1 is 0.967 bits per heavy atom. The first-order chi connectivity index (χ1) is 14.3. The molecular formula is C25H35BO4. The number of unbranched alkanes of at least 4 members (excludes halogenated alkanes) is 1. The summed E-state index contributed by atoms with van der Waals surface area (Å²) < 4.78 is 24.0. The van der Waals surface area contributed by atoms with Crippen LogP contribution in [0.4, 0.5) is 0 Å². The molecule has 0 aromatic heterocycles. The average Bonchev–Trinajstić information content (AvgIpc) is 2.97. The van der Waals surface area contributed by atoms with Crippen LogP contribution in [0.15, 0.2) is 42.5 Å². The van der Waals surface area contributed by atoms with Crippen LogP contribution in [0.5, 0.6) is 5.75 Å². The van der Waals surface area contributed by atoms with Crippen molar-refractivity contribution in [2.24, 2.45) is 0 Å². The molecule has 0 amide bonds. The second-order valence-electron chi connectivity index (χ2n) is 8.94. The molecule has 2 aromatic rings. The molecule has 0 spiro atoms. The van der Waals surface area contributed by atoms with Gasteiger partial charge in [-0.2, -0.15) is 0 Å². The predicted molar refractivity (Wildman–Crippen MR) is 122 cm³/mol. The van der Waals surface area contributed by atoms with E-state index in [1.807, 2.05) is 24.3 Å². The van der Waals surface area contributed by atoms with Gasteiger partial charge in [-0.05, 0) is 68.4 Å². The monoisotopic (exact) mass is 410 g/mol. The van der Waals surface area contributed by atoms with Crippen molar-refractivity contribution in [1.29, 1.82) is 0 Å². The fraction of sp³-hybridized carbons (Fsp3) is 0.520. The molecule has 30 heavy (non-hydrogen) atoms. The van der Waals surface area contributed by atoms with Gasteiger partial charge in [-0.25, -0.2) is 0 Å². The topological polar surface area (TPSA) is 36.9 Å². The van der Waals surface area contributed by atoms with E-state index >= 15 is 0 Å². The van der Waals surface area contributed by atoms with Crippen molar-refractivity contribution in [1.82, 2.24) is 0 Å². The quantitative estimate of drug-likeness (QED) is 0.533. The number of benzene rings is 2. The zero-order valence-corrected chi connectivity index (χ0v) is 19.3. The molecule has 1 aliphatic rings. The molecule has 5 heteroatoms. The van der Waals surface area contributed by atoms with E-state index in [0.717, 1.165) is 41.6 Å². The Hall–Kier alpha value is -1.82. The average molecular weight is 410 g/mol. The number of rotatable bonds is 9. The van der Waals surface area contributed by atoms with Gasteiger partial charge in [0.25, 0.3) is 0 Å². The van der Waals surface area contributed by atoms with Gasteiger partial charge >= 0.3 is 7.12 Å². The Labute approximate surface area is 182 Å². The van der Waals surface area contributed by atoms with Crippen LogP contribution in [0.2, 0.25) is 0 Å². The molecular weight excluding hydrogens is 375 g/mol. The lowest BCUT2D eigenvalue weighted by Gasteiger charge is -2.36. The third-order valence-corrected chi connectivity index (χ3v) is 6.38. The summed E-state index contributed by atoms with van der Waals surface area (Å²) in [6.45, 7) is 11.9. The maximum Gasteiger partial charge on any atom is 0.494 e. The second kappa shape index (κ2) is 9.55. The highest BCUT2D eigenvalue weighted by molar-refractivity contribution is 6.62. The molecule has 0 bridgehead atoms. The fourth-order valence-corrected chi connectivity index (χ4v) is 3.80. The van der Waals surface area contributed by atoms with Gasteiger partial charge in [-0.3, -0.25) is 0 Å². The summed E-state index contributed by atoms with van der Waals surface area (Å²) in [4.78, 5) is 0. The standard InChI is InChI=1S/C25H35BO4/c1-7-8-15-25(5)24(3,4)29-26(30-25)22-12-9-19(2)21(16-22)18-28-17-20-10-13-23(27-6)14-11-20/h9-14,16H,7-8,15,17-18H2,1-6H3. The van der Waals surface area contributed by atoms with Gasteiger partial charge in [0, 0.05) is 0 Å². The SMILES string of the molecule is CCCCC1(C)OB(c2ccc(C)c(COCc3ccc(OC)cc3)c2)OC1(C)C. The van der Waals surface area contributed by atoms with Crippen LogP contribution in [0.25, 0.3) is 0 Å². The van der Waals surface area contributed by atoms with Gasteiger partial charge in [-0.1, -0.05) is 50.1 Å². The maximum atomic E-state index is 6.47. The molecule has 1 heterocycles. The summed E-state index contributed by atoms with van der Waals surface area (Å²) in [5.41, 5.74) is 3.93. The number of ether oxygens (including phenoxy) is 2. The summed E-state index contributed by atoms with van der Waals surface area (Å²) in [7, 11) is 1.33. The van der Waals surface area contributed by atoms with E-state index in [2.05, 4.69) is 52.8 Å². The van der Waals surface area contributed by atoms with Crippen molar-refractivity contribution in [2.45, 2.75) is 78.3 Å². The summed E-state index contributed by atoms with van der Waals surface area (Å²) in [5, 5.41) is 0. The van der Waals surface area contributed by atoms with E-state index in [1.54, 1.807) is 7.11 Å². The number of aryl methyl sites for hydroxylation is 1. The highest BCUT2D eigenvalue weighted by atomic mass is 16.7. The largest absolute Gasteiger partial charge is 0.497 e. The van der Waals surface area contributed by atoms with E-state index < -0.39 is 0 Å². The van der Waals surface area contributed by atoms with Crippen LogP contribution in [0.1, 0.15) is 63.6 Å². The molecule has 0 saturated carbocycles. The lowest BCUT2D eigenvalue weighted by molar-refractivity contribution is -0.0169. The molecule has 4 nitrogen and oxygen atoms in total. The van der Waals surface area contributed by atoms with Crippen LogP contribution in [0.3, 0.4) is 0 Å². The zero-order chi connectivity index (χ0) is 21.8. The number of hydrogen-bond donors (Lipinski definition) is 0. The van der Waals surface area contributed by atoms with Gasteiger partial charge in [0.2, 0.25) is 0 Å². The molecule has 0 aliphatic carbocycles. The zero-order valence-electron chi connectivity index (χ0n) is 19.3. The number of hydrogen-bond acceptors (Lipinski definition) is 4. The summed E-state index contributed by atoms with van der Waals surface area (Å²) in [6.07, 6.45) is 3.28. The fourth-order valence-electron chi connectivity index (χ4n) is 3.80. The van der Waals surface area contributed by atoms with Gasteiger partial charge in [-0.15, -0.1) is 0 Å². The van der Waals surface area contributed by atoms with Crippen molar-refractivity contribution in [3.8, 4) is 5.75 Å². The summed E-state index contributed by atoms with van der Waals surface area (Å²) >= 11 is 0. The molecule has 1 atom stereocenters. The van der Waals surface area contributed by atoms with E-state index in [0.29, 0.717) is 13.2 Å². The first-order valence-electron chi connectivity index (χ1n) is 10.9. The molecule has 3 rings (SSSR count). The van der Waals surface area contributed by atoms with Crippen LogP contribution >= 0.6 is 0 Å². The third-order valence-electron chi connectivity index (χ3n) is 6.38. The lowest BCUT2D eigenvalue weighted by atomic mass is 9.78. The Morgan fingerprint density at radius 3 is 2.37 bits per heavy atom. The Morgan fingerprint density at radius 2 is 1.70 bits per heavy atom. The van der Waals surface area contributed by atoms with Crippen LogP contribution < -0.4 is 10.2 Å². The van der Waals surface area contributed by atoms with Crippen LogP contribution in [-0.2, 0) is 27.3 Å². The molecule has 2 aromatic carbocycles.